The maximum absolute atomic E-state index is 9.16. The van der Waals surface area contributed by atoms with E-state index in [4.69, 9.17) is 9.94 Å². The normalized spacial score (nSPS) is 11.6. The zero-order valence-electron chi connectivity index (χ0n) is 13.5. The molecule has 3 nitrogen and oxygen atoms in total. The molecule has 0 amide bonds. The predicted molar refractivity (Wildman–Crippen MR) is 88.5 cm³/mol. The lowest BCUT2D eigenvalue weighted by Crippen LogP contribution is -2.01. The third-order valence-corrected chi connectivity index (χ3v) is 3.81. The quantitative estimate of drug-likeness (QED) is 0.256. The molecular formula is C18H29NO2. The summed E-state index contributed by atoms with van der Waals surface area (Å²) in [7, 11) is 1.65. The zero-order valence-corrected chi connectivity index (χ0v) is 13.5. The van der Waals surface area contributed by atoms with Gasteiger partial charge in [-0.2, -0.15) is 0 Å². The van der Waals surface area contributed by atoms with Gasteiger partial charge in [0.25, 0.3) is 0 Å². The molecule has 0 aliphatic rings. The van der Waals surface area contributed by atoms with E-state index in [9.17, 15) is 0 Å². The molecule has 1 rings (SSSR count). The lowest BCUT2D eigenvalue weighted by atomic mass is 10.0. The Morgan fingerprint density at radius 2 is 1.52 bits per heavy atom. The highest BCUT2D eigenvalue weighted by Crippen LogP contribution is 2.16. The lowest BCUT2D eigenvalue weighted by Gasteiger charge is -2.06. The van der Waals surface area contributed by atoms with E-state index in [1.165, 1.54) is 44.9 Å². The van der Waals surface area contributed by atoms with E-state index in [0.717, 1.165) is 29.9 Å². The van der Waals surface area contributed by atoms with E-state index in [0.29, 0.717) is 0 Å². The predicted octanol–water partition coefficient (Wildman–Crippen LogP) is 5.40. The van der Waals surface area contributed by atoms with Crippen molar-refractivity contribution >= 4 is 5.71 Å². The van der Waals surface area contributed by atoms with Crippen LogP contribution in [0, 0.1) is 0 Å². The summed E-state index contributed by atoms with van der Waals surface area (Å²) in [4.78, 5) is 0. The summed E-state index contributed by atoms with van der Waals surface area (Å²) in [5.74, 6) is 0.822. The summed E-state index contributed by atoms with van der Waals surface area (Å²) < 4.78 is 5.13. The first-order valence-electron chi connectivity index (χ1n) is 8.17. The van der Waals surface area contributed by atoms with Crippen molar-refractivity contribution < 1.29 is 9.94 Å². The van der Waals surface area contributed by atoms with E-state index >= 15 is 0 Å². The molecule has 0 aliphatic heterocycles. The number of ether oxygens (including phenoxy) is 1. The van der Waals surface area contributed by atoms with Crippen LogP contribution in [0.2, 0.25) is 0 Å². The molecule has 1 aromatic rings. The number of nitrogens with zero attached hydrogens (tertiary/aromatic N) is 1. The average molecular weight is 291 g/mol. The van der Waals surface area contributed by atoms with Gasteiger partial charge in [0.15, 0.2) is 0 Å². The fourth-order valence-corrected chi connectivity index (χ4v) is 2.46. The van der Waals surface area contributed by atoms with E-state index in [1.54, 1.807) is 7.11 Å². The Balaban J connectivity index is 2.22. The van der Waals surface area contributed by atoms with Crippen LogP contribution in [-0.2, 0) is 0 Å². The van der Waals surface area contributed by atoms with Gasteiger partial charge < -0.3 is 9.94 Å². The molecule has 0 unspecified atom stereocenters. The maximum atomic E-state index is 9.16. The molecule has 0 saturated carbocycles. The Bertz CT molecular complexity index is 398. The molecule has 0 spiro atoms. The first kappa shape index (κ1) is 17.5. The van der Waals surface area contributed by atoms with Crippen LogP contribution in [0.25, 0.3) is 0 Å². The average Bonchev–Trinajstić information content (AvgIpc) is 2.54. The molecule has 0 bridgehead atoms. The van der Waals surface area contributed by atoms with Gasteiger partial charge >= 0.3 is 0 Å². The van der Waals surface area contributed by atoms with Gasteiger partial charge in [0.1, 0.15) is 5.75 Å². The standard InChI is InChI=1S/C18H29NO2/c1-3-4-5-6-7-8-9-10-11-18(19-20)16-12-14-17(21-2)15-13-16/h12-15,20H,3-11H2,1-2H3/b19-18+. The molecule has 118 valence electrons. The van der Waals surface area contributed by atoms with Crippen molar-refractivity contribution in [3.05, 3.63) is 29.8 Å². The number of rotatable bonds is 11. The molecule has 0 radical (unpaired) electrons. The van der Waals surface area contributed by atoms with Crippen LogP contribution in [0.5, 0.6) is 5.75 Å². The number of oxime groups is 1. The number of benzene rings is 1. The van der Waals surface area contributed by atoms with E-state index < -0.39 is 0 Å². The van der Waals surface area contributed by atoms with Gasteiger partial charge in [-0.25, -0.2) is 0 Å². The van der Waals surface area contributed by atoms with Crippen molar-refractivity contribution in [3.63, 3.8) is 0 Å². The van der Waals surface area contributed by atoms with E-state index in [-0.39, 0.29) is 0 Å². The Kier molecular flexibility index (Phi) is 9.34. The van der Waals surface area contributed by atoms with Crippen molar-refractivity contribution in [2.75, 3.05) is 7.11 Å². The molecule has 0 heterocycles. The molecule has 3 heteroatoms. The molecule has 0 aliphatic carbocycles. The van der Waals surface area contributed by atoms with Gasteiger partial charge in [0.2, 0.25) is 0 Å². The van der Waals surface area contributed by atoms with Gasteiger partial charge in [-0.15, -0.1) is 0 Å². The first-order valence-corrected chi connectivity index (χ1v) is 8.17. The van der Waals surface area contributed by atoms with Crippen LogP contribution >= 0.6 is 0 Å². The number of hydrogen-bond acceptors (Lipinski definition) is 3. The highest BCUT2D eigenvalue weighted by Gasteiger charge is 2.04. The second kappa shape index (κ2) is 11.2. The van der Waals surface area contributed by atoms with Gasteiger partial charge in [0.05, 0.1) is 12.8 Å². The minimum atomic E-state index is 0.767. The fourth-order valence-electron chi connectivity index (χ4n) is 2.46. The van der Waals surface area contributed by atoms with Crippen LogP contribution in [0.1, 0.15) is 70.3 Å². The van der Waals surface area contributed by atoms with Crippen molar-refractivity contribution in [2.24, 2.45) is 5.16 Å². The summed E-state index contributed by atoms with van der Waals surface area (Å²) in [5, 5.41) is 12.6. The summed E-state index contributed by atoms with van der Waals surface area (Å²) >= 11 is 0. The lowest BCUT2D eigenvalue weighted by molar-refractivity contribution is 0.317. The highest BCUT2D eigenvalue weighted by atomic mass is 16.5. The Morgan fingerprint density at radius 3 is 2.05 bits per heavy atom. The van der Waals surface area contributed by atoms with Gasteiger partial charge in [0, 0.05) is 0 Å². The summed E-state index contributed by atoms with van der Waals surface area (Å²) in [6.07, 6.45) is 11.1. The fraction of sp³-hybridized carbons (Fsp3) is 0.611. The Hall–Kier alpha value is -1.51. The number of methoxy groups -OCH3 is 1. The van der Waals surface area contributed by atoms with Crippen LogP contribution in [0.15, 0.2) is 29.4 Å². The molecular weight excluding hydrogens is 262 g/mol. The van der Waals surface area contributed by atoms with Gasteiger partial charge in [-0.05, 0) is 42.7 Å². The third-order valence-electron chi connectivity index (χ3n) is 3.81. The van der Waals surface area contributed by atoms with Crippen molar-refractivity contribution in [3.8, 4) is 5.75 Å². The smallest absolute Gasteiger partial charge is 0.118 e. The Labute approximate surface area is 129 Å². The largest absolute Gasteiger partial charge is 0.497 e. The minimum Gasteiger partial charge on any atom is -0.497 e. The Morgan fingerprint density at radius 1 is 0.952 bits per heavy atom. The summed E-state index contributed by atoms with van der Waals surface area (Å²) in [6, 6.07) is 7.68. The zero-order chi connectivity index (χ0) is 15.3. The van der Waals surface area contributed by atoms with Gasteiger partial charge in [-0.3, -0.25) is 0 Å². The van der Waals surface area contributed by atoms with Crippen molar-refractivity contribution in [1.82, 2.24) is 0 Å². The van der Waals surface area contributed by atoms with Crippen LogP contribution in [0.4, 0.5) is 0 Å². The van der Waals surface area contributed by atoms with E-state index in [1.807, 2.05) is 24.3 Å². The van der Waals surface area contributed by atoms with Crippen LogP contribution in [0.3, 0.4) is 0 Å². The van der Waals surface area contributed by atoms with Crippen molar-refractivity contribution in [1.29, 1.82) is 0 Å². The van der Waals surface area contributed by atoms with Crippen LogP contribution in [-0.4, -0.2) is 18.0 Å². The first-order chi connectivity index (χ1) is 10.3. The molecule has 0 aromatic heterocycles. The molecule has 0 fully saturated rings. The number of hydrogen-bond donors (Lipinski definition) is 1. The SMILES string of the molecule is CCCCCCCCCC/C(=N\O)c1ccc(OC)cc1. The molecule has 21 heavy (non-hydrogen) atoms. The molecule has 0 atom stereocenters. The number of unbranched alkanes of at least 4 members (excludes halogenated alkanes) is 7. The molecule has 1 N–H and O–H groups in total. The summed E-state index contributed by atoms with van der Waals surface area (Å²) in [5.41, 5.74) is 1.74. The monoisotopic (exact) mass is 291 g/mol. The molecule has 1 aromatic carbocycles. The van der Waals surface area contributed by atoms with E-state index in [2.05, 4.69) is 12.1 Å². The van der Waals surface area contributed by atoms with Crippen LogP contribution < -0.4 is 4.74 Å². The second-order valence-corrected chi connectivity index (χ2v) is 5.50. The van der Waals surface area contributed by atoms with Gasteiger partial charge in [-0.1, -0.05) is 57.0 Å². The highest BCUT2D eigenvalue weighted by molar-refractivity contribution is 6.00. The molecule has 0 saturated heterocycles. The third kappa shape index (κ3) is 7.16. The topological polar surface area (TPSA) is 41.8 Å². The summed E-state index contributed by atoms with van der Waals surface area (Å²) in [6.45, 7) is 2.24. The van der Waals surface area contributed by atoms with Crippen molar-refractivity contribution in [2.45, 2.75) is 64.7 Å². The second-order valence-electron chi connectivity index (χ2n) is 5.50. The maximum Gasteiger partial charge on any atom is 0.118 e. The minimum absolute atomic E-state index is 0.767.